The van der Waals surface area contributed by atoms with E-state index in [2.05, 4.69) is 52.2 Å². The van der Waals surface area contributed by atoms with E-state index in [9.17, 15) is 0 Å². The van der Waals surface area contributed by atoms with E-state index in [4.69, 9.17) is 4.74 Å². The highest BCUT2D eigenvalue weighted by atomic mass is 16.5. The van der Waals surface area contributed by atoms with Crippen LogP contribution in [0.25, 0.3) is 11.3 Å². The summed E-state index contributed by atoms with van der Waals surface area (Å²) in [5.41, 5.74) is 4.59. The number of rotatable bonds is 6. The van der Waals surface area contributed by atoms with Gasteiger partial charge in [-0.3, -0.25) is 9.36 Å². The molecular weight excluding hydrogens is 326 g/mol. The Morgan fingerprint density at radius 1 is 1.15 bits per heavy atom. The maximum absolute atomic E-state index is 5.96. The third kappa shape index (κ3) is 3.57. The van der Waals surface area contributed by atoms with Crippen LogP contribution in [0.15, 0.2) is 48.9 Å². The third-order valence-corrected chi connectivity index (χ3v) is 4.94. The minimum absolute atomic E-state index is 0.138. The van der Waals surface area contributed by atoms with Gasteiger partial charge in [0.25, 0.3) is 0 Å². The minimum Gasteiger partial charge on any atom is -0.373 e. The molecule has 1 aliphatic rings. The first kappa shape index (κ1) is 17.0. The average molecular weight is 351 g/mol. The monoisotopic (exact) mass is 351 g/mol. The van der Waals surface area contributed by atoms with Gasteiger partial charge in [0.2, 0.25) is 0 Å². The molecule has 6 heteroatoms. The number of benzene rings is 1. The van der Waals surface area contributed by atoms with Crippen molar-refractivity contribution >= 4 is 0 Å². The Labute approximate surface area is 153 Å². The molecule has 0 radical (unpaired) electrons. The molecule has 0 saturated carbocycles. The molecule has 0 unspecified atom stereocenters. The number of ether oxygens (including phenoxy) is 1. The van der Waals surface area contributed by atoms with E-state index in [0.29, 0.717) is 5.92 Å². The molecule has 4 rings (SSSR count). The van der Waals surface area contributed by atoms with Crippen molar-refractivity contribution in [3.05, 3.63) is 60.0 Å². The molecular formula is C20H25N5O. The number of nitrogens with zero attached hydrogens (tertiary/aromatic N) is 4. The van der Waals surface area contributed by atoms with Crippen LogP contribution in [0, 0.1) is 5.92 Å². The Balaban J connectivity index is 1.41. The molecule has 0 bridgehead atoms. The van der Waals surface area contributed by atoms with Crippen molar-refractivity contribution in [2.45, 2.75) is 19.1 Å². The van der Waals surface area contributed by atoms with Crippen molar-refractivity contribution in [2.24, 2.45) is 20.0 Å². The van der Waals surface area contributed by atoms with Gasteiger partial charge < -0.3 is 10.1 Å². The maximum atomic E-state index is 5.96. The highest BCUT2D eigenvalue weighted by Gasteiger charge is 2.30. The van der Waals surface area contributed by atoms with Crippen LogP contribution >= 0.6 is 0 Å². The van der Waals surface area contributed by atoms with Crippen LogP contribution in [0.5, 0.6) is 0 Å². The molecule has 136 valence electrons. The number of hydrogen-bond donors (Lipinski definition) is 1. The predicted octanol–water partition coefficient (Wildman–Crippen LogP) is 2.69. The van der Waals surface area contributed by atoms with Crippen molar-refractivity contribution in [1.82, 2.24) is 24.9 Å². The lowest BCUT2D eigenvalue weighted by molar-refractivity contribution is 0.0904. The normalized spacial score (nSPS) is 19.9. The number of aryl methyl sites for hydroxylation is 2. The van der Waals surface area contributed by atoms with Gasteiger partial charge in [-0.25, -0.2) is 0 Å². The van der Waals surface area contributed by atoms with Crippen LogP contribution in [0.4, 0.5) is 0 Å². The van der Waals surface area contributed by atoms with Gasteiger partial charge in [-0.15, -0.1) is 0 Å². The van der Waals surface area contributed by atoms with Crippen LogP contribution in [0.2, 0.25) is 0 Å². The third-order valence-electron chi connectivity index (χ3n) is 4.94. The Kier molecular flexibility index (Phi) is 4.86. The second-order valence-electron chi connectivity index (χ2n) is 6.96. The maximum Gasteiger partial charge on any atom is 0.0967 e. The fraction of sp³-hybridized carbons (Fsp3) is 0.400. The van der Waals surface area contributed by atoms with E-state index in [0.717, 1.165) is 37.4 Å². The standard InChI is InChI=1S/C20H25N5O/c1-24-14-18(12-22-24)20-16(8-9-26-20)10-21-11-17-13-25(2)23-19(17)15-6-4-3-5-7-15/h3-7,12-14,16,20-21H,8-11H2,1-2H3/t16-,20+/m0/s1. The second-order valence-corrected chi connectivity index (χ2v) is 6.96. The van der Waals surface area contributed by atoms with Gasteiger partial charge in [0.1, 0.15) is 0 Å². The molecule has 1 N–H and O–H groups in total. The smallest absolute Gasteiger partial charge is 0.0967 e. The quantitative estimate of drug-likeness (QED) is 0.742. The van der Waals surface area contributed by atoms with Gasteiger partial charge in [0, 0.05) is 68.8 Å². The fourth-order valence-corrected chi connectivity index (χ4v) is 3.70. The van der Waals surface area contributed by atoms with Gasteiger partial charge in [-0.2, -0.15) is 10.2 Å². The zero-order valence-electron chi connectivity index (χ0n) is 15.3. The lowest BCUT2D eigenvalue weighted by atomic mass is 9.97. The molecule has 1 aromatic carbocycles. The van der Waals surface area contributed by atoms with E-state index in [1.807, 2.05) is 35.7 Å². The van der Waals surface area contributed by atoms with Gasteiger partial charge in [0.05, 0.1) is 18.0 Å². The molecule has 2 atom stereocenters. The zero-order chi connectivity index (χ0) is 17.9. The van der Waals surface area contributed by atoms with Crippen molar-refractivity contribution in [3.8, 4) is 11.3 Å². The zero-order valence-corrected chi connectivity index (χ0v) is 15.3. The molecule has 1 saturated heterocycles. The molecule has 6 nitrogen and oxygen atoms in total. The van der Waals surface area contributed by atoms with Crippen molar-refractivity contribution in [3.63, 3.8) is 0 Å². The van der Waals surface area contributed by atoms with Crippen LogP contribution in [0.1, 0.15) is 23.7 Å². The van der Waals surface area contributed by atoms with Crippen LogP contribution in [0.3, 0.4) is 0 Å². The first-order valence-corrected chi connectivity index (χ1v) is 9.09. The number of hydrogen-bond acceptors (Lipinski definition) is 4. The minimum atomic E-state index is 0.138. The first-order chi connectivity index (χ1) is 12.7. The topological polar surface area (TPSA) is 56.9 Å². The number of aromatic nitrogens is 4. The summed E-state index contributed by atoms with van der Waals surface area (Å²) in [4.78, 5) is 0. The first-order valence-electron chi connectivity index (χ1n) is 9.09. The molecule has 3 heterocycles. The van der Waals surface area contributed by atoms with Gasteiger partial charge in [-0.05, 0) is 6.42 Å². The molecule has 26 heavy (non-hydrogen) atoms. The largest absolute Gasteiger partial charge is 0.373 e. The van der Waals surface area contributed by atoms with Crippen LogP contribution in [-0.4, -0.2) is 32.7 Å². The summed E-state index contributed by atoms with van der Waals surface area (Å²) >= 11 is 0. The summed E-state index contributed by atoms with van der Waals surface area (Å²) in [7, 11) is 3.92. The van der Waals surface area contributed by atoms with Crippen molar-refractivity contribution < 1.29 is 4.74 Å². The molecule has 3 aromatic rings. The van der Waals surface area contributed by atoms with Gasteiger partial charge >= 0.3 is 0 Å². The van der Waals surface area contributed by atoms with Gasteiger partial charge in [-0.1, -0.05) is 30.3 Å². The van der Waals surface area contributed by atoms with E-state index in [1.165, 1.54) is 11.1 Å². The summed E-state index contributed by atoms with van der Waals surface area (Å²) in [5, 5.41) is 12.5. The Bertz CT molecular complexity index is 854. The Morgan fingerprint density at radius 3 is 2.77 bits per heavy atom. The number of nitrogens with one attached hydrogen (secondary N) is 1. The highest BCUT2D eigenvalue weighted by Crippen LogP contribution is 2.33. The molecule has 0 aliphatic carbocycles. The lowest BCUT2D eigenvalue weighted by Gasteiger charge is -2.17. The second kappa shape index (κ2) is 7.43. The summed E-state index contributed by atoms with van der Waals surface area (Å²) in [6.07, 6.45) is 7.28. The summed E-state index contributed by atoms with van der Waals surface area (Å²) < 4.78 is 9.68. The molecule has 0 amide bonds. The summed E-state index contributed by atoms with van der Waals surface area (Å²) in [6.45, 7) is 2.53. The van der Waals surface area contributed by atoms with E-state index in [-0.39, 0.29) is 6.10 Å². The SMILES string of the molecule is Cn1cc([C@@H]2OCC[C@H]2CNCc2cn(C)nc2-c2ccccc2)cn1. The predicted molar refractivity (Wildman–Crippen MR) is 100 cm³/mol. The Morgan fingerprint density at radius 2 is 2.00 bits per heavy atom. The average Bonchev–Trinajstić information content (AvgIpc) is 3.36. The van der Waals surface area contributed by atoms with E-state index >= 15 is 0 Å². The summed E-state index contributed by atoms with van der Waals surface area (Å²) in [6, 6.07) is 10.3. The van der Waals surface area contributed by atoms with Crippen LogP contribution < -0.4 is 5.32 Å². The fourth-order valence-electron chi connectivity index (χ4n) is 3.70. The van der Waals surface area contributed by atoms with E-state index < -0.39 is 0 Å². The molecule has 1 aliphatic heterocycles. The van der Waals surface area contributed by atoms with Gasteiger partial charge in [0.15, 0.2) is 0 Å². The highest BCUT2D eigenvalue weighted by molar-refractivity contribution is 5.62. The summed E-state index contributed by atoms with van der Waals surface area (Å²) in [5.74, 6) is 0.469. The Hall–Kier alpha value is -2.44. The molecule has 2 aromatic heterocycles. The van der Waals surface area contributed by atoms with Crippen molar-refractivity contribution in [2.75, 3.05) is 13.2 Å². The molecule has 0 spiro atoms. The van der Waals surface area contributed by atoms with Crippen molar-refractivity contribution in [1.29, 1.82) is 0 Å². The molecule has 1 fully saturated rings. The van der Waals surface area contributed by atoms with E-state index in [1.54, 1.807) is 0 Å². The van der Waals surface area contributed by atoms with Crippen LogP contribution in [-0.2, 0) is 25.4 Å². The lowest BCUT2D eigenvalue weighted by Crippen LogP contribution is -2.24.